The average molecular weight is 192 g/mol. The van der Waals surface area contributed by atoms with Gasteiger partial charge in [-0.2, -0.15) is 0 Å². The largest absolute Gasteiger partial charge is 0.493 e. The molecular formula is C11H16N2O. The minimum atomic E-state index is 0.630. The van der Waals surface area contributed by atoms with Crippen LogP contribution in [0.15, 0.2) is 12.3 Å². The molecule has 1 aromatic heterocycles. The van der Waals surface area contributed by atoms with E-state index in [4.69, 9.17) is 4.74 Å². The van der Waals surface area contributed by atoms with Gasteiger partial charge in [0.25, 0.3) is 0 Å². The molecule has 3 heteroatoms. The first-order chi connectivity index (χ1) is 6.79. The minimum Gasteiger partial charge on any atom is -0.493 e. The molecule has 1 aromatic rings. The summed E-state index contributed by atoms with van der Waals surface area (Å²) in [7, 11) is 1.68. The molecule has 0 bridgehead atoms. The van der Waals surface area contributed by atoms with Gasteiger partial charge in [0.1, 0.15) is 0 Å². The van der Waals surface area contributed by atoms with E-state index in [2.05, 4.69) is 10.3 Å². The summed E-state index contributed by atoms with van der Waals surface area (Å²) in [5.41, 5.74) is 2.09. The summed E-state index contributed by atoms with van der Waals surface area (Å²) >= 11 is 0. The number of pyridine rings is 1. The van der Waals surface area contributed by atoms with Crippen LogP contribution in [0.5, 0.6) is 5.75 Å². The lowest BCUT2D eigenvalue weighted by atomic mass is 9.93. The average Bonchev–Trinajstić information content (AvgIpc) is 2.12. The molecule has 0 radical (unpaired) electrons. The third-order valence-corrected chi connectivity index (χ3v) is 2.69. The van der Waals surface area contributed by atoms with E-state index < -0.39 is 0 Å². The van der Waals surface area contributed by atoms with E-state index in [0.717, 1.165) is 17.1 Å². The van der Waals surface area contributed by atoms with Crippen molar-refractivity contribution in [2.45, 2.75) is 32.2 Å². The molecule has 76 valence electrons. The standard InChI is InChI=1S/C11H16N2O/c1-8-6-10(11(14-2)7-12-8)13-9-4-3-5-9/h6-7,9H,3-5H2,1-2H3,(H,12,13). The molecule has 0 amide bonds. The molecule has 0 unspecified atom stereocenters. The van der Waals surface area contributed by atoms with Crippen molar-refractivity contribution in [3.8, 4) is 5.75 Å². The predicted octanol–water partition coefficient (Wildman–Crippen LogP) is 2.36. The minimum absolute atomic E-state index is 0.630. The number of aromatic nitrogens is 1. The van der Waals surface area contributed by atoms with Crippen molar-refractivity contribution in [2.75, 3.05) is 12.4 Å². The fraction of sp³-hybridized carbons (Fsp3) is 0.545. The first-order valence-corrected chi connectivity index (χ1v) is 5.07. The van der Waals surface area contributed by atoms with Gasteiger partial charge in [0, 0.05) is 11.7 Å². The van der Waals surface area contributed by atoms with Crippen LogP contribution < -0.4 is 10.1 Å². The smallest absolute Gasteiger partial charge is 0.160 e. The van der Waals surface area contributed by atoms with Gasteiger partial charge in [-0.05, 0) is 32.3 Å². The number of hydrogen-bond acceptors (Lipinski definition) is 3. The van der Waals surface area contributed by atoms with Crippen molar-refractivity contribution < 1.29 is 4.74 Å². The second-order valence-electron chi connectivity index (χ2n) is 3.80. The summed E-state index contributed by atoms with van der Waals surface area (Å²) in [6, 6.07) is 2.67. The zero-order valence-electron chi connectivity index (χ0n) is 8.71. The van der Waals surface area contributed by atoms with Gasteiger partial charge >= 0.3 is 0 Å². The lowest BCUT2D eigenvalue weighted by Gasteiger charge is -2.28. The zero-order chi connectivity index (χ0) is 9.97. The van der Waals surface area contributed by atoms with E-state index in [9.17, 15) is 0 Å². The Morgan fingerprint density at radius 3 is 2.86 bits per heavy atom. The molecule has 1 aliphatic carbocycles. The molecule has 1 heterocycles. The SMILES string of the molecule is COc1cnc(C)cc1NC1CCC1. The van der Waals surface area contributed by atoms with Gasteiger partial charge in [0.2, 0.25) is 0 Å². The van der Waals surface area contributed by atoms with Crippen LogP contribution in [0.1, 0.15) is 25.0 Å². The van der Waals surface area contributed by atoms with Gasteiger partial charge in [-0.3, -0.25) is 4.98 Å². The van der Waals surface area contributed by atoms with Gasteiger partial charge in [-0.25, -0.2) is 0 Å². The highest BCUT2D eigenvalue weighted by Gasteiger charge is 2.18. The Bertz CT molecular complexity index is 321. The monoisotopic (exact) mass is 192 g/mol. The van der Waals surface area contributed by atoms with Crippen LogP contribution in [0.3, 0.4) is 0 Å². The Morgan fingerprint density at radius 1 is 1.50 bits per heavy atom. The van der Waals surface area contributed by atoms with Crippen LogP contribution in [0.4, 0.5) is 5.69 Å². The second kappa shape index (κ2) is 3.86. The maximum absolute atomic E-state index is 5.24. The quantitative estimate of drug-likeness (QED) is 0.798. The van der Waals surface area contributed by atoms with Crippen molar-refractivity contribution in [1.82, 2.24) is 4.98 Å². The van der Waals surface area contributed by atoms with Gasteiger partial charge in [-0.15, -0.1) is 0 Å². The zero-order valence-corrected chi connectivity index (χ0v) is 8.71. The van der Waals surface area contributed by atoms with Gasteiger partial charge < -0.3 is 10.1 Å². The molecular weight excluding hydrogens is 176 g/mol. The van der Waals surface area contributed by atoms with E-state index in [0.29, 0.717) is 6.04 Å². The molecule has 0 spiro atoms. The number of ether oxygens (including phenoxy) is 1. The second-order valence-corrected chi connectivity index (χ2v) is 3.80. The molecule has 0 aliphatic heterocycles. The van der Waals surface area contributed by atoms with Crippen LogP contribution in [0, 0.1) is 6.92 Å². The summed E-state index contributed by atoms with van der Waals surface area (Å²) in [5.74, 6) is 0.836. The highest BCUT2D eigenvalue weighted by molar-refractivity contribution is 5.56. The van der Waals surface area contributed by atoms with Gasteiger partial charge in [0.15, 0.2) is 5.75 Å². The third-order valence-electron chi connectivity index (χ3n) is 2.69. The van der Waals surface area contributed by atoms with Crippen LogP contribution in [-0.2, 0) is 0 Å². The van der Waals surface area contributed by atoms with E-state index in [1.165, 1.54) is 19.3 Å². The molecule has 3 nitrogen and oxygen atoms in total. The van der Waals surface area contributed by atoms with Gasteiger partial charge in [-0.1, -0.05) is 0 Å². The Balaban J connectivity index is 2.15. The van der Waals surface area contributed by atoms with Crippen molar-refractivity contribution in [3.63, 3.8) is 0 Å². The van der Waals surface area contributed by atoms with Crippen molar-refractivity contribution in [3.05, 3.63) is 18.0 Å². The van der Waals surface area contributed by atoms with Crippen LogP contribution >= 0.6 is 0 Å². The molecule has 1 fully saturated rings. The summed E-state index contributed by atoms with van der Waals surface area (Å²) in [4.78, 5) is 4.20. The van der Waals surface area contributed by atoms with Crippen molar-refractivity contribution in [2.24, 2.45) is 0 Å². The van der Waals surface area contributed by atoms with Crippen LogP contribution in [0.2, 0.25) is 0 Å². The van der Waals surface area contributed by atoms with Crippen molar-refractivity contribution >= 4 is 5.69 Å². The maximum atomic E-state index is 5.24. The number of rotatable bonds is 3. The summed E-state index contributed by atoms with van der Waals surface area (Å²) in [6.45, 7) is 1.99. The Hall–Kier alpha value is -1.25. The Morgan fingerprint density at radius 2 is 2.29 bits per heavy atom. The number of aryl methyl sites for hydroxylation is 1. The van der Waals surface area contributed by atoms with E-state index in [-0.39, 0.29) is 0 Å². The third kappa shape index (κ3) is 1.81. The molecule has 1 aliphatic rings. The fourth-order valence-electron chi connectivity index (χ4n) is 1.60. The van der Waals surface area contributed by atoms with Crippen LogP contribution in [0.25, 0.3) is 0 Å². The fourth-order valence-corrected chi connectivity index (χ4v) is 1.60. The molecule has 0 saturated heterocycles. The van der Waals surface area contributed by atoms with Crippen LogP contribution in [-0.4, -0.2) is 18.1 Å². The maximum Gasteiger partial charge on any atom is 0.160 e. The number of methoxy groups -OCH3 is 1. The number of anilines is 1. The molecule has 2 rings (SSSR count). The Labute approximate surface area is 84.5 Å². The van der Waals surface area contributed by atoms with E-state index in [1.807, 2.05) is 13.0 Å². The first-order valence-electron chi connectivity index (χ1n) is 5.07. The normalized spacial score (nSPS) is 16.1. The predicted molar refractivity (Wildman–Crippen MR) is 56.8 cm³/mol. The van der Waals surface area contributed by atoms with Gasteiger partial charge in [0.05, 0.1) is 19.0 Å². The first kappa shape index (κ1) is 9.31. The summed E-state index contributed by atoms with van der Waals surface area (Å²) < 4.78 is 5.24. The van der Waals surface area contributed by atoms with Crippen molar-refractivity contribution in [1.29, 1.82) is 0 Å². The number of hydrogen-bond donors (Lipinski definition) is 1. The van der Waals surface area contributed by atoms with E-state index >= 15 is 0 Å². The highest BCUT2D eigenvalue weighted by atomic mass is 16.5. The summed E-state index contributed by atoms with van der Waals surface area (Å²) in [5, 5.41) is 3.47. The molecule has 0 aromatic carbocycles. The lowest BCUT2D eigenvalue weighted by molar-refractivity contribution is 0.408. The lowest BCUT2D eigenvalue weighted by Crippen LogP contribution is -2.27. The Kier molecular flexibility index (Phi) is 2.57. The molecule has 1 saturated carbocycles. The molecule has 1 N–H and O–H groups in total. The van der Waals surface area contributed by atoms with E-state index in [1.54, 1.807) is 13.3 Å². The number of nitrogens with zero attached hydrogens (tertiary/aromatic N) is 1. The number of nitrogens with one attached hydrogen (secondary N) is 1. The molecule has 14 heavy (non-hydrogen) atoms. The highest BCUT2D eigenvalue weighted by Crippen LogP contribution is 2.29. The topological polar surface area (TPSA) is 34.1 Å². The summed E-state index contributed by atoms with van der Waals surface area (Å²) in [6.07, 6.45) is 5.65. The molecule has 0 atom stereocenters.